The van der Waals surface area contributed by atoms with E-state index in [1.807, 2.05) is 20.8 Å². The zero-order chi connectivity index (χ0) is 24.8. The number of thiazole rings is 1. The maximum Gasteiger partial charge on any atom is 0.325 e. The van der Waals surface area contributed by atoms with Crippen LogP contribution >= 0.6 is 34.5 Å². The van der Waals surface area contributed by atoms with E-state index >= 15 is 0 Å². The number of hydrogen-bond donors (Lipinski definition) is 0. The Kier molecular flexibility index (Phi) is 8.82. The number of ether oxygens (including phenoxy) is 4. The van der Waals surface area contributed by atoms with Gasteiger partial charge in [0.1, 0.15) is 6.54 Å². The number of nitrogens with zero attached hydrogens (tertiary/aromatic N) is 2. The molecule has 0 fully saturated rings. The van der Waals surface area contributed by atoms with Crippen LogP contribution in [0.4, 0.5) is 0 Å². The zero-order valence-electron chi connectivity index (χ0n) is 19.1. The van der Waals surface area contributed by atoms with Crippen LogP contribution in [0, 0.1) is 0 Å². The van der Waals surface area contributed by atoms with E-state index in [0.717, 1.165) is 0 Å². The molecule has 2 aromatic carbocycles. The van der Waals surface area contributed by atoms with Gasteiger partial charge in [0, 0.05) is 10.6 Å². The van der Waals surface area contributed by atoms with Crippen LogP contribution in [0.3, 0.4) is 0 Å². The maximum absolute atomic E-state index is 13.2. The highest BCUT2D eigenvalue weighted by atomic mass is 35.5. The lowest BCUT2D eigenvalue weighted by molar-refractivity contribution is -0.141. The van der Waals surface area contributed by atoms with Crippen molar-refractivity contribution in [2.24, 2.45) is 4.99 Å². The second-order valence-electron chi connectivity index (χ2n) is 6.80. The fraction of sp³-hybridized carbons (Fsp3) is 0.348. The first-order chi connectivity index (χ1) is 16.3. The zero-order valence-corrected chi connectivity index (χ0v) is 21.5. The van der Waals surface area contributed by atoms with E-state index in [0.29, 0.717) is 57.3 Å². The Hall–Kier alpha value is -2.75. The first-order valence-corrected chi connectivity index (χ1v) is 12.1. The molecule has 0 atom stereocenters. The number of halogens is 2. The van der Waals surface area contributed by atoms with Crippen LogP contribution in [-0.4, -0.2) is 43.4 Å². The Bertz CT molecular complexity index is 1260. The molecule has 0 bridgehead atoms. The lowest BCUT2D eigenvalue weighted by Gasteiger charge is -2.16. The van der Waals surface area contributed by atoms with Crippen molar-refractivity contribution < 1.29 is 28.5 Å². The molecule has 1 heterocycles. The lowest BCUT2D eigenvalue weighted by Crippen LogP contribution is -2.22. The van der Waals surface area contributed by atoms with Gasteiger partial charge in [-0.3, -0.25) is 9.59 Å². The first-order valence-electron chi connectivity index (χ1n) is 10.5. The number of fused-ring (bicyclic) bond motifs is 1. The van der Waals surface area contributed by atoms with Crippen LogP contribution < -0.4 is 19.0 Å². The van der Waals surface area contributed by atoms with E-state index in [2.05, 4.69) is 4.99 Å². The number of carbonyl (C=O) groups is 2. The third-order valence-electron chi connectivity index (χ3n) is 4.56. The fourth-order valence-electron chi connectivity index (χ4n) is 3.22. The summed E-state index contributed by atoms with van der Waals surface area (Å²) in [6.07, 6.45) is 0. The number of rotatable bonds is 9. The second kappa shape index (κ2) is 11.6. The quantitative estimate of drug-likeness (QED) is 0.359. The summed E-state index contributed by atoms with van der Waals surface area (Å²) in [5.41, 5.74) is 0.770. The summed E-state index contributed by atoms with van der Waals surface area (Å²) >= 11 is 13.7. The van der Waals surface area contributed by atoms with Gasteiger partial charge in [0.15, 0.2) is 16.3 Å². The van der Waals surface area contributed by atoms with E-state index in [-0.39, 0.29) is 16.9 Å². The number of hydrogen-bond acceptors (Lipinski definition) is 7. The summed E-state index contributed by atoms with van der Waals surface area (Å²) < 4.78 is 24.1. The average Bonchev–Trinajstić information content (AvgIpc) is 3.12. The van der Waals surface area contributed by atoms with Crippen LogP contribution in [0.5, 0.6) is 17.2 Å². The Balaban J connectivity index is 2.18. The number of benzene rings is 2. The highest BCUT2D eigenvalue weighted by molar-refractivity contribution is 7.16. The number of esters is 1. The van der Waals surface area contributed by atoms with Gasteiger partial charge in [-0.25, -0.2) is 0 Å². The van der Waals surface area contributed by atoms with Crippen LogP contribution in [0.2, 0.25) is 10.0 Å². The highest BCUT2D eigenvalue weighted by Crippen LogP contribution is 2.39. The van der Waals surface area contributed by atoms with Gasteiger partial charge in [0.25, 0.3) is 5.91 Å². The van der Waals surface area contributed by atoms with Gasteiger partial charge >= 0.3 is 5.97 Å². The lowest BCUT2D eigenvalue weighted by atomic mass is 10.1. The average molecular weight is 527 g/mol. The minimum atomic E-state index is -0.558. The van der Waals surface area contributed by atoms with Crippen molar-refractivity contribution in [2.45, 2.75) is 27.3 Å². The van der Waals surface area contributed by atoms with E-state index < -0.39 is 11.9 Å². The highest BCUT2D eigenvalue weighted by Gasteiger charge is 2.20. The van der Waals surface area contributed by atoms with Crippen molar-refractivity contribution in [3.63, 3.8) is 0 Å². The molecule has 0 spiro atoms. The molecule has 1 aromatic heterocycles. The molecule has 182 valence electrons. The second-order valence-corrected chi connectivity index (χ2v) is 8.65. The first kappa shape index (κ1) is 25.9. The summed E-state index contributed by atoms with van der Waals surface area (Å²) in [6.45, 7) is 6.47. The SMILES string of the molecule is CCOc1cc(C(=O)N=c2sc3cc(Cl)cc(Cl)c3n2CC(=O)OC)cc(OCC)c1OCC. The Morgan fingerprint density at radius 1 is 0.971 bits per heavy atom. The number of aromatic nitrogens is 1. The van der Waals surface area contributed by atoms with Gasteiger partial charge in [0.2, 0.25) is 5.75 Å². The topological polar surface area (TPSA) is 88.4 Å². The van der Waals surface area contributed by atoms with Crippen molar-refractivity contribution in [1.82, 2.24) is 4.57 Å². The molecular formula is C23H24Cl2N2O6S. The molecule has 0 radical (unpaired) electrons. The minimum absolute atomic E-state index is 0.179. The van der Waals surface area contributed by atoms with Crippen LogP contribution in [0.25, 0.3) is 10.2 Å². The number of methoxy groups -OCH3 is 1. The molecule has 0 aliphatic heterocycles. The standard InChI is InChI=1S/C23H24Cl2N2O6S/c1-5-31-16-8-13(9-17(32-6-2)21(16)33-7-3)22(29)26-23-27(12-19(28)30-4)20-15(25)10-14(24)11-18(20)34-23/h8-11H,5-7,12H2,1-4H3. The molecule has 0 unspecified atom stereocenters. The van der Waals surface area contributed by atoms with Crippen LogP contribution in [-0.2, 0) is 16.1 Å². The summed E-state index contributed by atoms with van der Waals surface area (Å²) in [5, 5.41) is 0.756. The predicted molar refractivity (Wildman–Crippen MR) is 132 cm³/mol. The monoisotopic (exact) mass is 526 g/mol. The third kappa shape index (κ3) is 5.65. The van der Waals surface area contributed by atoms with Gasteiger partial charge in [-0.2, -0.15) is 4.99 Å². The minimum Gasteiger partial charge on any atom is -0.490 e. The Morgan fingerprint density at radius 3 is 2.15 bits per heavy atom. The van der Waals surface area contributed by atoms with Gasteiger partial charge in [0.05, 0.1) is 42.2 Å². The molecule has 0 saturated carbocycles. The van der Waals surface area contributed by atoms with Crippen molar-refractivity contribution in [3.05, 3.63) is 44.7 Å². The summed E-state index contributed by atoms with van der Waals surface area (Å²) in [5.74, 6) is 0.104. The summed E-state index contributed by atoms with van der Waals surface area (Å²) in [7, 11) is 1.28. The molecule has 8 nitrogen and oxygen atoms in total. The molecular weight excluding hydrogens is 503 g/mol. The van der Waals surface area contributed by atoms with Crippen molar-refractivity contribution in [2.75, 3.05) is 26.9 Å². The van der Waals surface area contributed by atoms with Crippen LogP contribution in [0.15, 0.2) is 29.3 Å². The molecule has 0 aliphatic rings. The smallest absolute Gasteiger partial charge is 0.325 e. The molecule has 3 rings (SSSR count). The molecule has 1 amide bonds. The molecule has 3 aromatic rings. The van der Waals surface area contributed by atoms with Gasteiger partial charge < -0.3 is 23.5 Å². The summed E-state index contributed by atoms with van der Waals surface area (Å²) in [4.78, 5) is 29.8. The van der Waals surface area contributed by atoms with Gasteiger partial charge in [-0.15, -0.1) is 0 Å². The molecule has 0 aliphatic carbocycles. The van der Waals surface area contributed by atoms with E-state index in [1.165, 1.54) is 23.0 Å². The molecule has 11 heteroatoms. The van der Waals surface area contributed by atoms with Gasteiger partial charge in [-0.1, -0.05) is 34.5 Å². The normalized spacial score (nSPS) is 11.5. The van der Waals surface area contributed by atoms with E-state index in [4.69, 9.17) is 42.1 Å². The van der Waals surface area contributed by atoms with Crippen molar-refractivity contribution >= 4 is 56.6 Å². The predicted octanol–water partition coefficient (Wildman–Crippen LogP) is 5.12. The third-order valence-corrected chi connectivity index (χ3v) is 6.10. The van der Waals surface area contributed by atoms with E-state index in [9.17, 15) is 9.59 Å². The van der Waals surface area contributed by atoms with Crippen molar-refractivity contribution in [3.8, 4) is 17.2 Å². The van der Waals surface area contributed by atoms with Gasteiger partial charge in [-0.05, 0) is 45.0 Å². The molecule has 34 heavy (non-hydrogen) atoms. The van der Waals surface area contributed by atoms with Crippen LogP contribution in [0.1, 0.15) is 31.1 Å². The number of amides is 1. The van der Waals surface area contributed by atoms with E-state index in [1.54, 1.807) is 24.3 Å². The Labute approximate surface area is 210 Å². The molecule has 0 N–H and O–H groups in total. The largest absolute Gasteiger partial charge is 0.490 e. The summed E-state index contributed by atoms with van der Waals surface area (Å²) in [6, 6.07) is 6.38. The number of carbonyl (C=O) groups excluding carboxylic acids is 2. The Morgan fingerprint density at radius 2 is 1.59 bits per heavy atom. The maximum atomic E-state index is 13.2. The van der Waals surface area contributed by atoms with Crippen molar-refractivity contribution in [1.29, 1.82) is 0 Å². The molecule has 0 saturated heterocycles. The fourth-order valence-corrected chi connectivity index (χ4v) is 5.03.